The molecule has 0 saturated heterocycles. The van der Waals surface area contributed by atoms with E-state index in [-0.39, 0.29) is 35.4 Å². The number of hydrogen-bond acceptors (Lipinski definition) is 5. The summed E-state index contributed by atoms with van der Waals surface area (Å²) in [5.41, 5.74) is 1.09. The molecule has 2 N–H and O–H groups in total. The number of likely N-dealkylation sites (N-methyl/N-ethyl adjacent to an activating group) is 1. The number of rotatable bonds is 10. The van der Waals surface area contributed by atoms with Crippen LogP contribution in [0.25, 0.3) is 0 Å². The first-order chi connectivity index (χ1) is 13.9. The maximum Gasteiger partial charge on any atom is 0.242 e. The van der Waals surface area contributed by atoms with Gasteiger partial charge in [0.15, 0.2) is 5.96 Å². The minimum Gasteiger partial charge on any atom is -0.491 e. The van der Waals surface area contributed by atoms with Crippen molar-refractivity contribution in [1.29, 1.82) is 0 Å². The standard InChI is InChI=1S/C20H29N5O3S.HI/c1-4-22-20(25(3)14-15-28-19-10-6-5-8-17(19)2)23-12-13-24-29(26,27)18-9-7-11-21-16-18;/h5-11,16,24H,4,12-15H2,1-3H3,(H,22,23);1H. The number of aliphatic imine (C=N–C) groups is 1. The van der Waals surface area contributed by atoms with Gasteiger partial charge in [0, 0.05) is 32.5 Å². The van der Waals surface area contributed by atoms with Crippen molar-refractivity contribution in [1.82, 2.24) is 19.9 Å². The van der Waals surface area contributed by atoms with Gasteiger partial charge in [0.2, 0.25) is 10.0 Å². The number of nitrogens with one attached hydrogen (secondary N) is 2. The van der Waals surface area contributed by atoms with E-state index in [0.717, 1.165) is 11.3 Å². The normalized spacial score (nSPS) is 11.5. The topological polar surface area (TPSA) is 95.9 Å². The number of para-hydroxylation sites is 1. The first-order valence-electron chi connectivity index (χ1n) is 9.51. The molecular weight excluding hydrogens is 517 g/mol. The molecule has 2 aromatic rings. The van der Waals surface area contributed by atoms with Gasteiger partial charge in [-0.15, -0.1) is 24.0 Å². The lowest BCUT2D eigenvalue weighted by molar-refractivity contribution is 0.280. The number of halogens is 1. The summed E-state index contributed by atoms with van der Waals surface area (Å²) >= 11 is 0. The van der Waals surface area contributed by atoms with Crippen molar-refractivity contribution in [2.45, 2.75) is 18.7 Å². The summed E-state index contributed by atoms with van der Waals surface area (Å²) < 4.78 is 32.8. The highest BCUT2D eigenvalue weighted by Gasteiger charge is 2.13. The Labute approximate surface area is 196 Å². The highest BCUT2D eigenvalue weighted by Crippen LogP contribution is 2.15. The largest absolute Gasteiger partial charge is 0.491 e. The first-order valence-corrected chi connectivity index (χ1v) is 11.0. The molecule has 0 bridgehead atoms. The molecule has 0 fully saturated rings. The Morgan fingerprint density at radius 3 is 2.67 bits per heavy atom. The number of benzene rings is 1. The molecule has 2 rings (SSSR count). The van der Waals surface area contributed by atoms with Gasteiger partial charge in [0.05, 0.1) is 13.1 Å². The van der Waals surface area contributed by atoms with E-state index in [4.69, 9.17) is 4.74 Å². The highest BCUT2D eigenvalue weighted by atomic mass is 127. The van der Waals surface area contributed by atoms with E-state index in [1.54, 1.807) is 6.07 Å². The Hall–Kier alpha value is -1.92. The molecule has 0 amide bonds. The van der Waals surface area contributed by atoms with Crippen LogP contribution in [-0.2, 0) is 10.0 Å². The predicted octanol–water partition coefficient (Wildman–Crippen LogP) is 2.26. The van der Waals surface area contributed by atoms with Crippen LogP contribution in [0.4, 0.5) is 0 Å². The van der Waals surface area contributed by atoms with Crippen LogP contribution in [0, 0.1) is 6.92 Å². The van der Waals surface area contributed by atoms with Crippen molar-refractivity contribution in [3.63, 3.8) is 0 Å². The van der Waals surface area contributed by atoms with Crippen molar-refractivity contribution >= 4 is 40.0 Å². The molecule has 10 heteroatoms. The van der Waals surface area contributed by atoms with Gasteiger partial charge in [-0.1, -0.05) is 18.2 Å². The molecule has 0 atom stereocenters. The molecule has 1 heterocycles. The number of aryl methyl sites for hydroxylation is 1. The zero-order chi connectivity index (χ0) is 21.1. The van der Waals surface area contributed by atoms with Gasteiger partial charge in [-0.05, 0) is 37.6 Å². The second-order valence-corrected chi connectivity index (χ2v) is 8.12. The van der Waals surface area contributed by atoms with Gasteiger partial charge in [-0.25, -0.2) is 13.1 Å². The van der Waals surface area contributed by atoms with Crippen molar-refractivity contribution in [2.24, 2.45) is 4.99 Å². The summed E-state index contributed by atoms with van der Waals surface area (Å²) in [6, 6.07) is 11.0. The Kier molecular flexibility index (Phi) is 11.7. The van der Waals surface area contributed by atoms with Crippen LogP contribution in [0.2, 0.25) is 0 Å². The van der Waals surface area contributed by atoms with Crippen LogP contribution in [0.1, 0.15) is 12.5 Å². The average molecular weight is 547 g/mol. The van der Waals surface area contributed by atoms with Gasteiger partial charge in [-0.2, -0.15) is 0 Å². The van der Waals surface area contributed by atoms with E-state index in [2.05, 4.69) is 20.0 Å². The minimum absolute atomic E-state index is 0. The van der Waals surface area contributed by atoms with Gasteiger partial charge in [0.25, 0.3) is 0 Å². The van der Waals surface area contributed by atoms with Crippen molar-refractivity contribution in [2.75, 3.05) is 39.8 Å². The average Bonchev–Trinajstić information content (AvgIpc) is 2.72. The van der Waals surface area contributed by atoms with E-state index in [1.807, 2.05) is 50.1 Å². The highest BCUT2D eigenvalue weighted by molar-refractivity contribution is 14.0. The van der Waals surface area contributed by atoms with E-state index in [9.17, 15) is 8.42 Å². The molecule has 1 aromatic carbocycles. The van der Waals surface area contributed by atoms with Gasteiger partial charge in [0.1, 0.15) is 17.3 Å². The predicted molar refractivity (Wildman–Crippen MR) is 130 cm³/mol. The molecule has 0 radical (unpaired) electrons. The third-order valence-electron chi connectivity index (χ3n) is 4.08. The number of ether oxygens (including phenoxy) is 1. The van der Waals surface area contributed by atoms with Crippen LogP contribution in [0.15, 0.2) is 58.7 Å². The third-order valence-corrected chi connectivity index (χ3v) is 5.53. The molecule has 30 heavy (non-hydrogen) atoms. The summed E-state index contributed by atoms with van der Waals surface area (Å²) in [4.78, 5) is 10.4. The summed E-state index contributed by atoms with van der Waals surface area (Å²) in [6.07, 6.45) is 2.85. The molecule has 0 aliphatic heterocycles. The SMILES string of the molecule is CCNC(=NCCNS(=O)(=O)c1cccnc1)N(C)CCOc1ccccc1C.I. The Morgan fingerprint density at radius 1 is 1.23 bits per heavy atom. The van der Waals surface area contributed by atoms with Crippen LogP contribution in [0.3, 0.4) is 0 Å². The van der Waals surface area contributed by atoms with Crippen LogP contribution in [-0.4, -0.2) is 64.1 Å². The number of nitrogens with zero attached hydrogens (tertiary/aromatic N) is 3. The number of hydrogen-bond donors (Lipinski definition) is 2. The molecule has 0 saturated carbocycles. The van der Waals surface area contributed by atoms with E-state index in [0.29, 0.717) is 32.2 Å². The fourth-order valence-corrected chi connectivity index (χ4v) is 3.50. The number of pyridine rings is 1. The summed E-state index contributed by atoms with van der Waals surface area (Å²) in [5, 5.41) is 3.20. The van der Waals surface area contributed by atoms with E-state index >= 15 is 0 Å². The molecular formula is C20H30IN5O3S. The van der Waals surface area contributed by atoms with Gasteiger partial charge in [-0.3, -0.25) is 9.98 Å². The fraction of sp³-hybridized carbons (Fsp3) is 0.400. The van der Waals surface area contributed by atoms with Crippen molar-refractivity contribution in [3.05, 3.63) is 54.4 Å². The molecule has 8 nitrogen and oxygen atoms in total. The molecule has 0 aliphatic rings. The smallest absolute Gasteiger partial charge is 0.242 e. The Balaban J connectivity index is 0.00000450. The monoisotopic (exact) mass is 547 g/mol. The number of guanidine groups is 1. The Bertz CT molecular complexity index is 894. The minimum atomic E-state index is -3.58. The van der Waals surface area contributed by atoms with Crippen molar-refractivity contribution < 1.29 is 13.2 Å². The lowest BCUT2D eigenvalue weighted by Crippen LogP contribution is -2.41. The Morgan fingerprint density at radius 2 is 2.00 bits per heavy atom. The molecule has 0 spiro atoms. The second kappa shape index (κ2) is 13.4. The van der Waals surface area contributed by atoms with Crippen LogP contribution < -0.4 is 14.8 Å². The lowest BCUT2D eigenvalue weighted by atomic mass is 10.2. The third kappa shape index (κ3) is 8.44. The zero-order valence-electron chi connectivity index (χ0n) is 17.5. The van der Waals surface area contributed by atoms with E-state index in [1.165, 1.54) is 18.5 Å². The maximum absolute atomic E-state index is 12.2. The molecule has 0 unspecified atom stereocenters. The molecule has 1 aromatic heterocycles. The fourth-order valence-electron chi connectivity index (χ4n) is 2.52. The summed E-state index contributed by atoms with van der Waals surface area (Å²) in [7, 11) is -1.66. The first kappa shape index (κ1) is 26.1. The van der Waals surface area contributed by atoms with Crippen molar-refractivity contribution in [3.8, 4) is 5.75 Å². The van der Waals surface area contributed by atoms with Crippen LogP contribution >= 0.6 is 24.0 Å². The summed E-state index contributed by atoms with van der Waals surface area (Å²) in [5.74, 6) is 1.56. The molecule has 166 valence electrons. The lowest BCUT2D eigenvalue weighted by Gasteiger charge is -2.22. The van der Waals surface area contributed by atoms with Crippen LogP contribution in [0.5, 0.6) is 5.75 Å². The maximum atomic E-state index is 12.2. The second-order valence-electron chi connectivity index (χ2n) is 6.36. The quantitative estimate of drug-likeness (QED) is 0.205. The number of aromatic nitrogens is 1. The summed E-state index contributed by atoms with van der Waals surface area (Å²) in [6.45, 7) is 6.37. The van der Waals surface area contributed by atoms with Gasteiger partial charge < -0.3 is 15.0 Å². The zero-order valence-corrected chi connectivity index (χ0v) is 20.7. The van der Waals surface area contributed by atoms with E-state index < -0.39 is 10.0 Å². The molecule has 0 aliphatic carbocycles. The van der Waals surface area contributed by atoms with Gasteiger partial charge >= 0.3 is 0 Å². The number of sulfonamides is 1.